The van der Waals surface area contributed by atoms with E-state index in [0.717, 1.165) is 18.8 Å². The lowest BCUT2D eigenvalue weighted by molar-refractivity contribution is -0.143. The first kappa shape index (κ1) is 9.56. The smallest absolute Gasteiger partial charge is 0.306 e. The SMILES string of the molecule is CC1CCC([C@H](C)C(=O)O)CC1. The average molecular weight is 170 g/mol. The first-order valence-corrected chi connectivity index (χ1v) is 4.84. The summed E-state index contributed by atoms with van der Waals surface area (Å²) in [6.07, 6.45) is 4.63. The quantitative estimate of drug-likeness (QED) is 0.691. The second kappa shape index (κ2) is 3.92. The van der Waals surface area contributed by atoms with Crippen LogP contribution in [0.4, 0.5) is 0 Å². The molecule has 0 aromatic heterocycles. The van der Waals surface area contributed by atoms with Gasteiger partial charge in [-0.3, -0.25) is 4.79 Å². The van der Waals surface area contributed by atoms with E-state index < -0.39 is 5.97 Å². The summed E-state index contributed by atoms with van der Waals surface area (Å²) in [7, 11) is 0. The molecule has 1 atom stereocenters. The van der Waals surface area contributed by atoms with Crippen molar-refractivity contribution in [1.82, 2.24) is 0 Å². The number of carbonyl (C=O) groups is 1. The summed E-state index contributed by atoms with van der Waals surface area (Å²) >= 11 is 0. The molecule has 1 rings (SSSR count). The van der Waals surface area contributed by atoms with Gasteiger partial charge in [0, 0.05) is 0 Å². The van der Waals surface area contributed by atoms with E-state index in [1.165, 1.54) is 12.8 Å². The molecular weight excluding hydrogens is 152 g/mol. The number of carboxylic acid groups (broad SMARTS) is 1. The van der Waals surface area contributed by atoms with Crippen molar-refractivity contribution in [3.63, 3.8) is 0 Å². The van der Waals surface area contributed by atoms with E-state index >= 15 is 0 Å². The summed E-state index contributed by atoms with van der Waals surface area (Å²) in [5.74, 6) is 0.466. The second-order valence-corrected chi connectivity index (χ2v) is 4.15. The summed E-state index contributed by atoms with van der Waals surface area (Å²) in [5, 5.41) is 8.80. The van der Waals surface area contributed by atoms with Crippen molar-refractivity contribution in [3.05, 3.63) is 0 Å². The summed E-state index contributed by atoms with van der Waals surface area (Å²) in [6.45, 7) is 4.09. The number of rotatable bonds is 2. The van der Waals surface area contributed by atoms with Gasteiger partial charge in [-0.1, -0.05) is 26.7 Å². The second-order valence-electron chi connectivity index (χ2n) is 4.15. The Hall–Kier alpha value is -0.530. The van der Waals surface area contributed by atoms with Crippen molar-refractivity contribution in [2.24, 2.45) is 17.8 Å². The number of hydrogen-bond acceptors (Lipinski definition) is 1. The fourth-order valence-electron chi connectivity index (χ4n) is 1.99. The normalized spacial score (nSPS) is 32.8. The highest BCUT2D eigenvalue weighted by atomic mass is 16.4. The van der Waals surface area contributed by atoms with Crippen LogP contribution < -0.4 is 0 Å². The van der Waals surface area contributed by atoms with Crippen LogP contribution in [0.3, 0.4) is 0 Å². The van der Waals surface area contributed by atoms with Crippen molar-refractivity contribution >= 4 is 5.97 Å². The molecule has 12 heavy (non-hydrogen) atoms. The molecule has 1 saturated carbocycles. The highest BCUT2D eigenvalue weighted by molar-refractivity contribution is 5.69. The fraction of sp³-hybridized carbons (Fsp3) is 0.900. The molecule has 0 radical (unpaired) electrons. The van der Waals surface area contributed by atoms with Crippen LogP contribution in [-0.2, 0) is 4.79 Å². The predicted molar refractivity (Wildman–Crippen MR) is 47.9 cm³/mol. The van der Waals surface area contributed by atoms with Gasteiger partial charge < -0.3 is 5.11 Å². The molecule has 0 spiro atoms. The van der Waals surface area contributed by atoms with E-state index in [0.29, 0.717) is 5.92 Å². The summed E-state index contributed by atoms with van der Waals surface area (Å²) < 4.78 is 0. The van der Waals surface area contributed by atoms with Crippen molar-refractivity contribution in [1.29, 1.82) is 0 Å². The fourth-order valence-corrected chi connectivity index (χ4v) is 1.99. The molecule has 0 unspecified atom stereocenters. The lowest BCUT2D eigenvalue weighted by atomic mass is 9.77. The number of aliphatic carboxylic acids is 1. The molecular formula is C10H18O2. The zero-order chi connectivity index (χ0) is 9.14. The zero-order valence-corrected chi connectivity index (χ0v) is 7.92. The summed E-state index contributed by atoms with van der Waals surface area (Å²) in [4.78, 5) is 10.7. The number of carboxylic acids is 1. The summed E-state index contributed by atoms with van der Waals surface area (Å²) in [6, 6.07) is 0. The highest BCUT2D eigenvalue weighted by Gasteiger charge is 2.26. The Balaban J connectivity index is 2.39. The molecule has 1 aliphatic rings. The Bertz CT molecular complexity index is 157. The van der Waals surface area contributed by atoms with E-state index in [9.17, 15) is 4.79 Å². The molecule has 0 bridgehead atoms. The van der Waals surface area contributed by atoms with E-state index in [2.05, 4.69) is 6.92 Å². The van der Waals surface area contributed by atoms with E-state index in [4.69, 9.17) is 5.11 Å². The monoisotopic (exact) mass is 170 g/mol. The third-order valence-corrected chi connectivity index (χ3v) is 3.16. The minimum Gasteiger partial charge on any atom is -0.481 e. The molecule has 2 nitrogen and oxygen atoms in total. The first-order valence-electron chi connectivity index (χ1n) is 4.84. The largest absolute Gasteiger partial charge is 0.481 e. The molecule has 0 heterocycles. The molecule has 1 aliphatic carbocycles. The topological polar surface area (TPSA) is 37.3 Å². The van der Waals surface area contributed by atoms with E-state index in [-0.39, 0.29) is 5.92 Å². The lowest BCUT2D eigenvalue weighted by Gasteiger charge is -2.28. The van der Waals surface area contributed by atoms with Gasteiger partial charge in [-0.2, -0.15) is 0 Å². The summed E-state index contributed by atoms with van der Waals surface area (Å²) in [5.41, 5.74) is 0. The van der Waals surface area contributed by atoms with E-state index in [1.807, 2.05) is 6.92 Å². The van der Waals surface area contributed by atoms with Gasteiger partial charge >= 0.3 is 5.97 Å². The number of hydrogen-bond donors (Lipinski definition) is 1. The minimum absolute atomic E-state index is 0.141. The molecule has 0 aliphatic heterocycles. The van der Waals surface area contributed by atoms with Crippen molar-refractivity contribution in [3.8, 4) is 0 Å². The third-order valence-electron chi connectivity index (χ3n) is 3.16. The molecule has 0 saturated heterocycles. The van der Waals surface area contributed by atoms with Gasteiger partial charge in [0.15, 0.2) is 0 Å². The Morgan fingerprint density at radius 1 is 1.33 bits per heavy atom. The Labute approximate surface area is 74.0 Å². The van der Waals surface area contributed by atoms with Crippen molar-refractivity contribution < 1.29 is 9.90 Å². The molecule has 70 valence electrons. The van der Waals surface area contributed by atoms with Gasteiger partial charge in [0.1, 0.15) is 0 Å². The van der Waals surface area contributed by atoms with Crippen LogP contribution in [0.1, 0.15) is 39.5 Å². The van der Waals surface area contributed by atoms with Gasteiger partial charge in [0.05, 0.1) is 5.92 Å². The molecule has 0 amide bonds. The molecule has 0 aromatic carbocycles. The van der Waals surface area contributed by atoms with Gasteiger partial charge in [-0.05, 0) is 24.7 Å². The molecule has 1 fully saturated rings. The molecule has 0 aromatic rings. The van der Waals surface area contributed by atoms with Crippen LogP contribution >= 0.6 is 0 Å². The van der Waals surface area contributed by atoms with Crippen LogP contribution in [0.5, 0.6) is 0 Å². The highest BCUT2D eigenvalue weighted by Crippen LogP contribution is 2.32. The van der Waals surface area contributed by atoms with Gasteiger partial charge in [-0.15, -0.1) is 0 Å². The van der Waals surface area contributed by atoms with Gasteiger partial charge in [0.2, 0.25) is 0 Å². The van der Waals surface area contributed by atoms with Crippen molar-refractivity contribution in [2.45, 2.75) is 39.5 Å². The molecule has 2 heteroatoms. The van der Waals surface area contributed by atoms with Gasteiger partial charge in [0.25, 0.3) is 0 Å². The predicted octanol–water partition coefficient (Wildman–Crippen LogP) is 2.53. The van der Waals surface area contributed by atoms with Crippen LogP contribution in [0.15, 0.2) is 0 Å². The average Bonchev–Trinajstić information content (AvgIpc) is 2.04. The lowest BCUT2D eigenvalue weighted by Crippen LogP contribution is -2.24. The maximum Gasteiger partial charge on any atom is 0.306 e. The van der Waals surface area contributed by atoms with Crippen LogP contribution in [-0.4, -0.2) is 11.1 Å². The Morgan fingerprint density at radius 2 is 1.83 bits per heavy atom. The molecule has 1 N–H and O–H groups in total. The third kappa shape index (κ3) is 2.23. The van der Waals surface area contributed by atoms with E-state index in [1.54, 1.807) is 0 Å². The minimum atomic E-state index is -0.630. The standard InChI is InChI=1S/C10H18O2/c1-7-3-5-9(6-4-7)8(2)10(11)12/h7-9H,3-6H2,1-2H3,(H,11,12)/t7?,8-,9?/m0/s1. The van der Waals surface area contributed by atoms with Crippen LogP contribution in [0, 0.1) is 17.8 Å². The zero-order valence-electron chi connectivity index (χ0n) is 7.92. The van der Waals surface area contributed by atoms with Crippen LogP contribution in [0.25, 0.3) is 0 Å². The maximum atomic E-state index is 10.7. The van der Waals surface area contributed by atoms with Crippen molar-refractivity contribution in [2.75, 3.05) is 0 Å². The first-order chi connectivity index (χ1) is 5.61. The maximum absolute atomic E-state index is 10.7. The Kier molecular flexibility index (Phi) is 3.12. The Morgan fingerprint density at radius 3 is 2.25 bits per heavy atom. The van der Waals surface area contributed by atoms with Gasteiger partial charge in [-0.25, -0.2) is 0 Å². The van der Waals surface area contributed by atoms with Crippen LogP contribution in [0.2, 0.25) is 0 Å².